The summed E-state index contributed by atoms with van der Waals surface area (Å²) in [5.74, 6) is 0. The molecule has 3 aromatic rings. The van der Waals surface area contributed by atoms with Gasteiger partial charge in [-0.2, -0.15) is 5.10 Å². The molecular formula is C14H13N3O. The lowest BCUT2D eigenvalue weighted by Gasteiger charge is -2.05. The molecular weight excluding hydrogens is 226 g/mol. The number of hydrogen-bond acceptors (Lipinski definition) is 3. The van der Waals surface area contributed by atoms with Crippen LogP contribution in [0.2, 0.25) is 0 Å². The van der Waals surface area contributed by atoms with E-state index < -0.39 is 6.10 Å². The number of aliphatic hydroxyl groups excluding tert-OH is 1. The predicted octanol–water partition coefficient (Wildman–Crippen LogP) is 2.45. The molecule has 0 saturated heterocycles. The van der Waals surface area contributed by atoms with Crippen molar-refractivity contribution in [1.82, 2.24) is 14.6 Å². The van der Waals surface area contributed by atoms with Crippen LogP contribution in [0.25, 0.3) is 16.8 Å². The minimum Gasteiger partial charge on any atom is -0.389 e. The molecule has 0 saturated carbocycles. The molecule has 18 heavy (non-hydrogen) atoms. The lowest BCUT2D eigenvalue weighted by Crippen LogP contribution is -1.93. The molecule has 4 heteroatoms. The van der Waals surface area contributed by atoms with E-state index in [1.807, 2.05) is 36.5 Å². The monoisotopic (exact) mass is 239 g/mol. The summed E-state index contributed by atoms with van der Waals surface area (Å²) in [4.78, 5) is 4.10. The quantitative estimate of drug-likeness (QED) is 0.747. The fourth-order valence-corrected chi connectivity index (χ4v) is 2.15. The Balaban J connectivity index is 2.32. The van der Waals surface area contributed by atoms with Crippen molar-refractivity contribution in [2.45, 2.75) is 13.0 Å². The van der Waals surface area contributed by atoms with Gasteiger partial charge in [0.2, 0.25) is 0 Å². The third kappa shape index (κ3) is 1.67. The first-order valence-corrected chi connectivity index (χ1v) is 5.83. The first-order valence-electron chi connectivity index (χ1n) is 5.83. The number of hydrogen-bond donors (Lipinski definition) is 1. The Morgan fingerprint density at radius 1 is 1.22 bits per heavy atom. The summed E-state index contributed by atoms with van der Waals surface area (Å²) >= 11 is 0. The maximum Gasteiger partial charge on any atom is 0.101 e. The molecule has 0 aliphatic heterocycles. The van der Waals surface area contributed by atoms with E-state index >= 15 is 0 Å². The molecule has 1 unspecified atom stereocenters. The van der Waals surface area contributed by atoms with Crippen LogP contribution in [0.3, 0.4) is 0 Å². The van der Waals surface area contributed by atoms with Crippen LogP contribution in [-0.2, 0) is 0 Å². The second-order valence-corrected chi connectivity index (χ2v) is 4.21. The number of nitrogens with zero attached hydrogens (tertiary/aromatic N) is 3. The molecule has 3 aromatic heterocycles. The number of rotatable bonds is 2. The van der Waals surface area contributed by atoms with Gasteiger partial charge in [-0.3, -0.25) is 4.98 Å². The molecule has 1 atom stereocenters. The Morgan fingerprint density at radius 3 is 2.83 bits per heavy atom. The van der Waals surface area contributed by atoms with Gasteiger partial charge in [-0.1, -0.05) is 6.07 Å². The van der Waals surface area contributed by atoms with Gasteiger partial charge in [0.15, 0.2) is 0 Å². The third-order valence-electron chi connectivity index (χ3n) is 2.93. The van der Waals surface area contributed by atoms with Crippen molar-refractivity contribution >= 4 is 5.52 Å². The van der Waals surface area contributed by atoms with E-state index in [-0.39, 0.29) is 0 Å². The van der Waals surface area contributed by atoms with Gasteiger partial charge in [0, 0.05) is 29.7 Å². The molecule has 4 nitrogen and oxygen atoms in total. The van der Waals surface area contributed by atoms with E-state index in [2.05, 4.69) is 10.1 Å². The van der Waals surface area contributed by atoms with Crippen molar-refractivity contribution in [2.75, 3.05) is 0 Å². The van der Waals surface area contributed by atoms with Crippen LogP contribution in [0.1, 0.15) is 18.6 Å². The first-order chi connectivity index (χ1) is 8.77. The van der Waals surface area contributed by atoms with Crippen LogP contribution in [0, 0.1) is 0 Å². The number of pyridine rings is 2. The average molecular weight is 239 g/mol. The summed E-state index contributed by atoms with van der Waals surface area (Å²) in [7, 11) is 0. The largest absolute Gasteiger partial charge is 0.389 e. The Labute approximate surface area is 105 Å². The summed E-state index contributed by atoms with van der Waals surface area (Å²) in [5, 5.41) is 14.5. The summed E-state index contributed by atoms with van der Waals surface area (Å²) in [6, 6.07) is 9.62. The van der Waals surface area contributed by atoms with E-state index in [4.69, 9.17) is 0 Å². The standard InChI is InChI=1S/C14H13N3O/c1-10(18)13-12-6-2-3-8-17(12)16-14(13)11-5-4-7-15-9-11/h2-10,18H,1H3. The fourth-order valence-electron chi connectivity index (χ4n) is 2.15. The summed E-state index contributed by atoms with van der Waals surface area (Å²) < 4.78 is 1.78. The van der Waals surface area contributed by atoms with Gasteiger partial charge >= 0.3 is 0 Å². The zero-order valence-electron chi connectivity index (χ0n) is 9.99. The molecule has 0 spiro atoms. The van der Waals surface area contributed by atoms with Crippen molar-refractivity contribution < 1.29 is 5.11 Å². The number of fused-ring (bicyclic) bond motifs is 1. The topological polar surface area (TPSA) is 50.4 Å². The second-order valence-electron chi connectivity index (χ2n) is 4.21. The molecule has 1 N–H and O–H groups in total. The normalized spacial score (nSPS) is 12.8. The Bertz CT molecular complexity index is 674. The highest BCUT2D eigenvalue weighted by atomic mass is 16.3. The minimum atomic E-state index is -0.569. The molecule has 3 rings (SSSR count). The predicted molar refractivity (Wildman–Crippen MR) is 69.1 cm³/mol. The van der Waals surface area contributed by atoms with Gasteiger partial charge in [-0.25, -0.2) is 4.52 Å². The Hall–Kier alpha value is -2.20. The molecule has 0 aromatic carbocycles. The van der Waals surface area contributed by atoms with Crippen molar-refractivity contribution in [3.63, 3.8) is 0 Å². The average Bonchev–Trinajstić information content (AvgIpc) is 2.79. The van der Waals surface area contributed by atoms with Gasteiger partial charge in [0.1, 0.15) is 5.69 Å². The zero-order valence-corrected chi connectivity index (χ0v) is 9.99. The van der Waals surface area contributed by atoms with E-state index in [1.54, 1.807) is 23.8 Å². The van der Waals surface area contributed by atoms with Crippen LogP contribution in [0.5, 0.6) is 0 Å². The number of aliphatic hydroxyl groups is 1. The van der Waals surface area contributed by atoms with Crippen molar-refractivity contribution in [1.29, 1.82) is 0 Å². The van der Waals surface area contributed by atoms with Gasteiger partial charge in [0.05, 0.1) is 11.6 Å². The van der Waals surface area contributed by atoms with Crippen LogP contribution >= 0.6 is 0 Å². The van der Waals surface area contributed by atoms with Gasteiger partial charge < -0.3 is 5.11 Å². The first kappa shape index (κ1) is 10.9. The summed E-state index contributed by atoms with van der Waals surface area (Å²) in [6.07, 6.45) is 4.79. The number of aromatic nitrogens is 3. The maximum absolute atomic E-state index is 9.98. The molecule has 0 fully saturated rings. The molecule has 90 valence electrons. The van der Waals surface area contributed by atoms with E-state index in [0.717, 1.165) is 22.3 Å². The van der Waals surface area contributed by atoms with Crippen LogP contribution in [0.15, 0.2) is 48.9 Å². The summed E-state index contributed by atoms with van der Waals surface area (Å²) in [5.41, 5.74) is 3.45. The van der Waals surface area contributed by atoms with Gasteiger partial charge in [-0.05, 0) is 31.2 Å². The molecule has 0 amide bonds. The second kappa shape index (κ2) is 4.23. The van der Waals surface area contributed by atoms with Gasteiger partial charge in [-0.15, -0.1) is 0 Å². The van der Waals surface area contributed by atoms with Gasteiger partial charge in [0.25, 0.3) is 0 Å². The molecule has 3 heterocycles. The lowest BCUT2D eigenvalue weighted by molar-refractivity contribution is 0.201. The van der Waals surface area contributed by atoms with Crippen LogP contribution in [-0.4, -0.2) is 19.7 Å². The smallest absolute Gasteiger partial charge is 0.101 e. The Morgan fingerprint density at radius 2 is 2.11 bits per heavy atom. The molecule has 0 aliphatic rings. The zero-order chi connectivity index (χ0) is 12.5. The fraction of sp³-hybridized carbons (Fsp3) is 0.143. The van der Waals surface area contributed by atoms with Crippen LogP contribution < -0.4 is 0 Å². The molecule has 0 aliphatic carbocycles. The molecule has 0 radical (unpaired) electrons. The third-order valence-corrected chi connectivity index (χ3v) is 2.93. The minimum absolute atomic E-state index is 0.569. The van der Waals surface area contributed by atoms with Crippen molar-refractivity contribution in [3.05, 3.63) is 54.5 Å². The highest BCUT2D eigenvalue weighted by molar-refractivity contribution is 5.72. The lowest BCUT2D eigenvalue weighted by atomic mass is 10.0. The van der Waals surface area contributed by atoms with E-state index in [0.29, 0.717) is 0 Å². The maximum atomic E-state index is 9.98. The van der Waals surface area contributed by atoms with E-state index in [9.17, 15) is 5.11 Å². The SMILES string of the molecule is CC(O)c1c(-c2cccnc2)nn2ccccc12. The van der Waals surface area contributed by atoms with Crippen molar-refractivity contribution in [3.8, 4) is 11.3 Å². The van der Waals surface area contributed by atoms with E-state index in [1.165, 1.54) is 0 Å². The highest BCUT2D eigenvalue weighted by Gasteiger charge is 2.17. The van der Waals surface area contributed by atoms with Crippen molar-refractivity contribution in [2.24, 2.45) is 0 Å². The summed E-state index contributed by atoms with van der Waals surface area (Å²) in [6.45, 7) is 1.75. The molecule has 0 bridgehead atoms. The Kier molecular flexibility index (Phi) is 2.57. The highest BCUT2D eigenvalue weighted by Crippen LogP contribution is 2.30. The van der Waals surface area contributed by atoms with Crippen LogP contribution in [0.4, 0.5) is 0 Å².